The Balaban J connectivity index is 2.12. The molecule has 1 aromatic carbocycles. The molecule has 27 heavy (non-hydrogen) atoms. The number of benzene rings is 1. The molecule has 0 bridgehead atoms. The fraction of sp³-hybridized carbons (Fsp3) is 0.714. The zero-order valence-electron chi connectivity index (χ0n) is 16.5. The van der Waals surface area contributed by atoms with Crippen molar-refractivity contribution in [3.05, 3.63) is 27.7 Å². The van der Waals surface area contributed by atoms with E-state index in [1.54, 1.807) is 0 Å². The summed E-state index contributed by atoms with van der Waals surface area (Å²) in [5, 5.41) is 0.600. The molecule has 6 heteroatoms. The zero-order chi connectivity index (χ0) is 20.1. The van der Waals surface area contributed by atoms with Crippen LogP contribution in [0.15, 0.2) is 17.0 Å². The number of hydrogen-bond donors (Lipinski definition) is 1. The molecule has 1 N–H and O–H groups in total. The number of halogens is 2. The van der Waals surface area contributed by atoms with E-state index in [0.717, 1.165) is 24.8 Å². The predicted octanol–water partition coefficient (Wildman–Crippen LogP) is 7.87. The van der Waals surface area contributed by atoms with Crippen LogP contribution < -0.4 is 0 Å². The van der Waals surface area contributed by atoms with Gasteiger partial charge in [-0.2, -0.15) is 8.42 Å². The molecular weight excluding hydrogens is 403 g/mol. The average molecular weight is 437 g/mol. The molecule has 0 heterocycles. The molecule has 156 valence electrons. The van der Waals surface area contributed by atoms with Crippen molar-refractivity contribution in [2.24, 2.45) is 0 Å². The molecule has 0 radical (unpaired) electrons. The van der Waals surface area contributed by atoms with Gasteiger partial charge in [-0.25, -0.2) is 0 Å². The van der Waals surface area contributed by atoms with Crippen molar-refractivity contribution in [3.63, 3.8) is 0 Å². The molecule has 3 nitrogen and oxygen atoms in total. The molecule has 1 aromatic rings. The van der Waals surface area contributed by atoms with Gasteiger partial charge in [0.2, 0.25) is 0 Å². The van der Waals surface area contributed by atoms with Gasteiger partial charge in [0.1, 0.15) is 0 Å². The number of rotatable bonds is 15. The van der Waals surface area contributed by atoms with Gasteiger partial charge in [-0.1, -0.05) is 107 Å². The topological polar surface area (TPSA) is 54.4 Å². The lowest BCUT2D eigenvalue weighted by molar-refractivity contribution is 0.483. The summed E-state index contributed by atoms with van der Waals surface area (Å²) < 4.78 is 31.4. The Labute approximate surface area is 175 Å². The minimum absolute atomic E-state index is 0.258. The second-order valence-corrected chi connectivity index (χ2v) is 9.57. The van der Waals surface area contributed by atoms with Crippen LogP contribution in [0.3, 0.4) is 0 Å². The van der Waals surface area contributed by atoms with Crippen molar-refractivity contribution in [2.45, 2.75) is 102 Å². The van der Waals surface area contributed by atoms with E-state index in [1.165, 1.54) is 82.8 Å². The maximum absolute atomic E-state index is 11.2. The molecule has 0 unspecified atom stereocenters. The third kappa shape index (κ3) is 10.7. The second-order valence-electron chi connectivity index (χ2n) is 7.33. The summed E-state index contributed by atoms with van der Waals surface area (Å²) in [6.07, 6.45) is 17.5. The van der Waals surface area contributed by atoms with Crippen molar-refractivity contribution >= 4 is 33.3 Å². The maximum atomic E-state index is 11.2. The maximum Gasteiger partial charge on any atom is 0.294 e. The van der Waals surface area contributed by atoms with Crippen LogP contribution in [0.4, 0.5) is 0 Å². The average Bonchev–Trinajstić information content (AvgIpc) is 2.60. The highest BCUT2D eigenvalue weighted by atomic mass is 35.5. The molecule has 0 fully saturated rings. The lowest BCUT2D eigenvalue weighted by atomic mass is 10.0. The van der Waals surface area contributed by atoms with Crippen LogP contribution in [-0.2, 0) is 16.5 Å². The van der Waals surface area contributed by atoms with Crippen LogP contribution in [0.1, 0.15) is 96.0 Å². The van der Waals surface area contributed by atoms with E-state index < -0.39 is 10.1 Å². The smallest absolute Gasteiger partial charge is 0.282 e. The molecule has 0 aromatic heterocycles. The number of hydrogen-bond acceptors (Lipinski definition) is 2. The Kier molecular flexibility index (Phi) is 12.7. The molecule has 0 aliphatic rings. The van der Waals surface area contributed by atoms with E-state index in [-0.39, 0.29) is 4.90 Å². The Morgan fingerprint density at radius 1 is 0.741 bits per heavy atom. The van der Waals surface area contributed by atoms with E-state index in [2.05, 4.69) is 6.92 Å². The number of unbranched alkanes of at least 4 members (excludes halogenated alkanes) is 12. The van der Waals surface area contributed by atoms with Crippen LogP contribution in [0.5, 0.6) is 0 Å². The van der Waals surface area contributed by atoms with E-state index in [0.29, 0.717) is 10.0 Å². The van der Waals surface area contributed by atoms with Gasteiger partial charge in [-0.3, -0.25) is 4.55 Å². The first-order valence-corrected chi connectivity index (χ1v) is 12.5. The van der Waals surface area contributed by atoms with Crippen LogP contribution in [0.25, 0.3) is 0 Å². The minimum Gasteiger partial charge on any atom is -0.282 e. The molecule has 0 amide bonds. The van der Waals surface area contributed by atoms with Gasteiger partial charge in [-0.15, -0.1) is 0 Å². The Hall–Kier alpha value is -0.290. The molecule has 1 rings (SSSR count). The van der Waals surface area contributed by atoms with Crippen molar-refractivity contribution < 1.29 is 13.0 Å². The summed E-state index contributed by atoms with van der Waals surface area (Å²) in [4.78, 5) is -0.258. The normalized spacial score (nSPS) is 11.9. The van der Waals surface area contributed by atoms with Gasteiger partial charge in [0.05, 0.1) is 4.90 Å². The molecule has 0 aliphatic carbocycles. The largest absolute Gasteiger partial charge is 0.294 e. The van der Waals surface area contributed by atoms with Crippen molar-refractivity contribution in [3.8, 4) is 0 Å². The molecule has 0 aliphatic heterocycles. The third-order valence-corrected chi connectivity index (χ3v) is 6.45. The fourth-order valence-electron chi connectivity index (χ4n) is 3.29. The molecule has 0 atom stereocenters. The molecule has 0 spiro atoms. The van der Waals surface area contributed by atoms with Gasteiger partial charge in [0.15, 0.2) is 0 Å². The Morgan fingerprint density at radius 2 is 1.11 bits per heavy atom. The lowest BCUT2D eigenvalue weighted by Crippen LogP contribution is -2.00. The van der Waals surface area contributed by atoms with Gasteiger partial charge in [0.25, 0.3) is 10.1 Å². The van der Waals surface area contributed by atoms with Gasteiger partial charge in [-0.05, 0) is 30.5 Å². The SMILES string of the molecule is CCCCCCCCCCCCCCCc1c(Cl)cc(S(=O)(=O)O)cc1Cl. The van der Waals surface area contributed by atoms with E-state index in [1.807, 2.05) is 0 Å². The summed E-state index contributed by atoms with van der Waals surface area (Å²) in [6.45, 7) is 2.25. The molecule has 0 saturated heterocycles. The van der Waals surface area contributed by atoms with E-state index in [9.17, 15) is 8.42 Å². The summed E-state index contributed by atoms with van der Waals surface area (Å²) in [5.74, 6) is 0. The van der Waals surface area contributed by atoms with Crippen LogP contribution in [-0.4, -0.2) is 13.0 Å². The fourth-order valence-corrected chi connectivity index (χ4v) is 4.63. The monoisotopic (exact) mass is 436 g/mol. The first kappa shape index (κ1) is 24.7. The second kappa shape index (κ2) is 13.8. The summed E-state index contributed by atoms with van der Waals surface area (Å²) >= 11 is 12.3. The molecular formula is C21H34Cl2O3S. The Bertz CT molecular complexity index is 622. The lowest BCUT2D eigenvalue weighted by Gasteiger charge is -2.09. The summed E-state index contributed by atoms with van der Waals surface area (Å²) in [7, 11) is -4.28. The van der Waals surface area contributed by atoms with Crippen LogP contribution in [0, 0.1) is 0 Å². The standard InChI is InChI=1S/C21H34Cl2O3S/c1-2-3-4-5-6-7-8-9-10-11-12-13-14-15-19-20(22)16-18(17-21(19)23)27(24,25)26/h16-17H,2-15H2,1H3,(H,24,25,26). The van der Waals surface area contributed by atoms with Crippen molar-refractivity contribution in [1.29, 1.82) is 0 Å². The van der Waals surface area contributed by atoms with Crippen LogP contribution >= 0.6 is 23.2 Å². The van der Waals surface area contributed by atoms with Gasteiger partial charge >= 0.3 is 0 Å². The quantitative estimate of drug-likeness (QED) is 0.224. The van der Waals surface area contributed by atoms with Crippen molar-refractivity contribution in [1.82, 2.24) is 0 Å². The zero-order valence-corrected chi connectivity index (χ0v) is 18.8. The van der Waals surface area contributed by atoms with Crippen LogP contribution in [0.2, 0.25) is 10.0 Å². The predicted molar refractivity (Wildman–Crippen MR) is 116 cm³/mol. The summed E-state index contributed by atoms with van der Waals surface area (Å²) in [6, 6.07) is 2.53. The highest BCUT2D eigenvalue weighted by Crippen LogP contribution is 2.30. The minimum atomic E-state index is -4.28. The molecule has 0 saturated carbocycles. The van der Waals surface area contributed by atoms with Gasteiger partial charge < -0.3 is 0 Å². The summed E-state index contributed by atoms with van der Waals surface area (Å²) in [5.41, 5.74) is 0.758. The van der Waals surface area contributed by atoms with E-state index >= 15 is 0 Å². The van der Waals surface area contributed by atoms with Crippen molar-refractivity contribution in [2.75, 3.05) is 0 Å². The van der Waals surface area contributed by atoms with Gasteiger partial charge in [0, 0.05) is 10.0 Å². The van der Waals surface area contributed by atoms with E-state index in [4.69, 9.17) is 27.8 Å². The first-order valence-electron chi connectivity index (χ1n) is 10.3. The highest BCUT2D eigenvalue weighted by Gasteiger charge is 2.15. The third-order valence-electron chi connectivity index (χ3n) is 4.94. The highest BCUT2D eigenvalue weighted by molar-refractivity contribution is 7.85. The first-order chi connectivity index (χ1) is 12.9. The Morgan fingerprint density at radius 3 is 1.48 bits per heavy atom.